The van der Waals surface area contributed by atoms with Crippen molar-refractivity contribution < 1.29 is 34.0 Å². The zero-order chi connectivity index (χ0) is 33.7. The van der Waals surface area contributed by atoms with Crippen LogP contribution in [0.4, 0.5) is 0 Å². The molecule has 0 aromatic heterocycles. The number of fused-ring (bicyclic) bond motifs is 6. The normalized spacial score (nSPS) is 45.2. The Balaban J connectivity index is 1.09. The number of benzene rings is 2. The van der Waals surface area contributed by atoms with Gasteiger partial charge in [-0.05, 0) is 101 Å². The van der Waals surface area contributed by atoms with E-state index in [4.69, 9.17) is 18.9 Å². The molecule has 7 heteroatoms. The lowest BCUT2D eigenvalue weighted by molar-refractivity contribution is -0.164. The molecule has 7 nitrogen and oxygen atoms in total. The molecule has 258 valence electrons. The third-order valence-electron chi connectivity index (χ3n) is 13.8. The van der Waals surface area contributed by atoms with Crippen molar-refractivity contribution in [3.05, 3.63) is 83.4 Å². The van der Waals surface area contributed by atoms with Gasteiger partial charge in [0.1, 0.15) is 0 Å². The largest absolute Gasteiger partial charge is 0.390 e. The van der Waals surface area contributed by atoms with E-state index in [0.29, 0.717) is 25.7 Å². The van der Waals surface area contributed by atoms with Gasteiger partial charge in [0.2, 0.25) is 0 Å². The molecule has 4 aliphatic carbocycles. The van der Waals surface area contributed by atoms with Crippen molar-refractivity contribution in [3.63, 3.8) is 0 Å². The van der Waals surface area contributed by atoms with Crippen LogP contribution >= 0.6 is 0 Å². The van der Waals surface area contributed by atoms with Crippen LogP contribution in [0.25, 0.3) is 0 Å². The van der Waals surface area contributed by atoms with Crippen molar-refractivity contribution in [1.82, 2.24) is 0 Å². The summed E-state index contributed by atoms with van der Waals surface area (Å²) in [5.74, 6) is 0.0486. The number of carbonyl (C=O) groups excluding carboxylic acids is 1. The van der Waals surface area contributed by atoms with Crippen LogP contribution in [0.1, 0.15) is 110 Å². The highest BCUT2D eigenvalue weighted by Crippen LogP contribution is 2.70. The molecule has 2 heterocycles. The first-order valence-electron chi connectivity index (χ1n) is 18.2. The van der Waals surface area contributed by atoms with Crippen molar-refractivity contribution >= 4 is 5.78 Å². The van der Waals surface area contributed by atoms with Crippen LogP contribution in [0.15, 0.2) is 72.3 Å². The van der Waals surface area contributed by atoms with Crippen molar-refractivity contribution in [2.45, 2.75) is 134 Å². The van der Waals surface area contributed by atoms with Crippen molar-refractivity contribution in [3.8, 4) is 0 Å². The number of aliphatic hydroxyl groups is 2. The van der Waals surface area contributed by atoms with Gasteiger partial charge in [-0.15, -0.1) is 0 Å². The summed E-state index contributed by atoms with van der Waals surface area (Å²) >= 11 is 0. The van der Waals surface area contributed by atoms with E-state index < -0.39 is 34.8 Å². The molecule has 2 aromatic carbocycles. The van der Waals surface area contributed by atoms with Gasteiger partial charge < -0.3 is 29.2 Å². The maximum Gasteiger partial charge on any atom is 0.185 e. The van der Waals surface area contributed by atoms with Gasteiger partial charge in [0, 0.05) is 22.5 Å². The Labute approximate surface area is 285 Å². The number of hydrogen-bond donors (Lipinski definition) is 2. The van der Waals surface area contributed by atoms with E-state index in [2.05, 4.69) is 20.8 Å². The molecule has 8 rings (SSSR count). The highest BCUT2D eigenvalue weighted by atomic mass is 16.7. The number of rotatable bonds is 6. The SMILES string of the molecule is CC(C)(O)CC[C@H]1O[C@@H](c2ccccc2)O[C@]1(C)[C@H]1CC[C@@]2(O)C3=CC(=O)[C@@H]4C[C@H]5O[C@H](c6ccccc6)O[C@H]5C[C@]4(C)[C@H]3CC[C@]12C. The summed E-state index contributed by atoms with van der Waals surface area (Å²) in [6.45, 7) is 10.3. The fourth-order valence-electron chi connectivity index (χ4n) is 11.2. The number of ketones is 1. The van der Waals surface area contributed by atoms with E-state index in [1.165, 1.54) is 0 Å². The van der Waals surface area contributed by atoms with E-state index in [9.17, 15) is 15.0 Å². The molecule has 0 bridgehead atoms. The second-order valence-electron chi connectivity index (χ2n) is 17.1. The summed E-state index contributed by atoms with van der Waals surface area (Å²) < 4.78 is 26.7. The Hall–Kier alpha value is -2.39. The lowest BCUT2D eigenvalue weighted by Crippen LogP contribution is -2.62. The van der Waals surface area contributed by atoms with E-state index in [0.717, 1.165) is 42.4 Å². The fraction of sp³-hybridized carbons (Fsp3) is 0.634. The minimum Gasteiger partial charge on any atom is -0.390 e. The summed E-state index contributed by atoms with van der Waals surface area (Å²) in [7, 11) is 0. The molecule has 6 aliphatic rings. The van der Waals surface area contributed by atoms with Crippen LogP contribution < -0.4 is 0 Å². The maximum atomic E-state index is 14.1. The zero-order valence-electron chi connectivity index (χ0n) is 29.1. The quantitative estimate of drug-likeness (QED) is 0.335. The maximum absolute atomic E-state index is 14.1. The molecule has 12 atom stereocenters. The Morgan fingerprint density at radius 1 is 0.833 bits per heavy atom. The molecule has 2 saturated heterocycles. The third kappa shape index (κ3) is 4.94. The molecular formula is C41H52O7. The summed E-state index contributed by atoms with van der Waals surface area (Å²) in [6.07, 6.45) is 6.14. The van der Waals surface area contributed by atoms with Crippen LogP contribution in [0.3, 0.4) is 0 Å². The molecule has 0 amide bonds. The predicted molar refractivity (Wildman–Crippen MR) is 180 cm³/mol. The van der Waals surface area contributed by atoms with Gasteiger partial charge in [-0.3, -0.25) is 4.79 Å². The molecule has 3 saturated carbocycles. The first-order chi connectivity index (χ1) is 22.8. The minimum absolute atomic E-state index is 0.00747. The Kier molecular flexibility index (Phi) is 7.73. The smallest absolute Gasteiger partial charge is 0.185 e. The summed E-state index contributed by atoms with van der Waals surface area (Å²) in [4.78, 5) is 14.1. The van der Waals surface area contributed by atoms with E-state index in [1.54, 1.807) is 0 Å². The van der Waals surface area contributed by atoms with Crippen molar-refractivity contribution in [2.75, 3.05) is 0 Å². The first kappa shape index (κ1) is 32.8. The zero-order valence-corrected chi connectivity index (χ0v) is 29.1. The second kappa shape index (κ2) is 11.3. The van der Waals surface area contributed by atoms with E-state index >= 15 is 0 Å². The predicted octanol–water partition coefficient (Wildman–Crippen LogP) is 7.38. The standard InChI is InChI=1S/C41H52O7/c1-37(2,43)19-18-34-40(5,48-36(47-34)26-14-10-7-11-15-26)33-17-21-41(44)28-22-30(42)29-23-31-32(46-35(45-31)25-12-8-6-9-13-25)24-38(29,3)27(28)16-20-39(33,41)4/h6-15,22,27,29,31-36,43-44H,16-21,23-24H2,1-5H3/t27-,29-,31+,32-,33-,34+,35-,36+,38+,39+,40+,41+/m0/s1. The molecule has 0 radical (unpaired) electrons. The number of allylic oxidation sites excluding steroid dienone is 1. The lowest BCUT2D eigenvalue weighted by Gasteiger charge is -2.60. The average Bonchev–Trinajstić information content (AvgIpc) is 3.71. The van der Waals surface area contributed by atoms with Crippen molar-refractivity contribution in [1.29, 1.82) is 0 Å². The van der Waals surface area contributed by atoms with Gasteiger partial charge in [0.15, 0.2) is 18.4 Å². The second-order valence-corrected chi connectivity index (χ2v) is 17.1. The molecular weight excluding hydrogens is 604 g/mol. The molecule has 0 unspecified atom stereocenters. The highest BCUT2D eigenvalue weighted by molar-refractivity contribution is 5.95. The Morgan fingerprint density at radius 2 is 1.48 bits per heavy atom. The molecule has 5 fully saturated rings. The average molecular weight is 657 g/mol. The van der Waals surface area contributed by atoms with Gasteiger partial charge in [0.05, 0.1) is 35.1 Å². The van der Waals surface area contributed by atoms with Crippen LogP contribution in [0.2, 0.25) is 0 Å². The van der Waals surface area contributed by atoms with Crippen LogP contribution in [-0.4, -0.2) is 51.1 Å². The van der Waals surface area contributed by atoms with E-state index in [1.807, 2.05) is 80.6 Å². The molecule has 0 spiro atoms. The van der Waals surface area contributed by atoms with Gasteiger partial charge in [-0.1, -0.05) is 74.5 Å². The van der Waals surface area contributed by atoms with Crippen LogP contribution in [0, 0.1) is 28.6 Å². The number of carbonyl (C=O) groups is 1. The highest BCUT2D eigenvalue weighted by Gasteiger charge is 2.71. The monoisotopic (exact) mass is 656 g/mol. The molecule has 48 heavy (non-hydrogen) atoms. The van der Waals surface area contributed by atoms with Gasteiger partial charge >= 0.3 is 0 Å². The first-order valence-corrected chi connectivity index (χ1v) is 18.2. The van der Waals surface area contributed by atoms with Gasteiger partial charge in [-0.25, -0.2) is 0 Å². The summed E-state index contributed by atoms with van der Waals surface area (Å²) in [5.41, 5.74) is -0.585. The molecule has 2 N–H and O–H groups in total. The Morgan fingerprint density at radius 3 is 2.15 bits per heavy atom. The minimum atomic E-state index is -1.13. The van der Waals surface area contributed by atoms with Gasteiger partial charge in [-0.2, -0.15) is 0 Å². The molecule has 2 aromatic rings. The third-order valence-corrected chi connectivity index (χ3v) is 13.8. The van der Waals surface area contributed by atoms with Crippen molar-refractivity contribution in [2.24, 2.45) is 28.6 Å². The lowest BCUT2D eigenvalue weighted by atomic mass is 9.45. The fourth-order valence-corrected chi connectivity index (χ4v) is 11.2. The van der Waals surface area contributed by atoms with E-state index in [-0.39, 0.29) is 47.3 Å². The topological polar surface area (TPSA) is 94.5 Å². The van der Waals surface area contributed by atoms with Crippen LogP contribution in [-0.2, 0) is 23.7 Å². The number of hydrogen-bond acceptors (Lipinski definition) is 7. The summed E-state index contributed by atoms with van der Waals surface area (Å²) in [5, 5.41) is 23.7. The summed E-state index contributed by atoms with van der Waals surface area (Å²) in [6, 6.07) is 20.1. The van der Waals surface area contributed by atoms with Gasteiger partial charge in [0.25, 0.3) is 0 Å². The Bertz CT molecular complexity index is 1570. The van der Waals surface area contributed by atoms with Crippen LogP contribution in [0.5, 0.6) is 0 Å². The number of ether oxygens (including phenoxy) is 4. The molecule has 2 aliphatic heterocycles.